The maximum atomic E-state index is 4.42. The average molecular weight is 400 g/mol. The molecule has 0 aliphatic heterocycles. The normalized spacial score (nSPS) is 12.6. The average Bonchev–Trinajstić information content (AvgIpc) is 3.25. The second-order valence-corrected chi connectivity index (χ2v) is 5.55. The first kappa shape index (κ1) is 26.0. The van der Waals surface area contributed by atoms with Gasteiger partial charge in [-0.1, -0.05) is 53.3 Å². The Hall–Kier alpha value is -2.96. The van der Waals surface area contributed by atoms with Gasteiger partial charge in [0.2, 0.25) is 0 Å². The number of hydrogen-bond donors (Lipinski definition) is 3. The summed E-state index contributed by atoms with van der Waals surface area (Å²) in [6.45, 7) is 18.0. The van der Waals surface area contributed by atoms with Crippen molar-refractivity contribution in [3.8, 4) is 0 Å². The van der Waals surface area contributed by atoms with Gasteiger partial charge in [-0.15, -0.1) is 0 Å². The minimum Gasteiger partial charge on any atom is -0.358 e. The van der Waals surface area contributed by atoms with Crippen molar-refractivity contribution in [2.75, 3.05) is 12.4 Å². The standard InChI is InChI=1S/C18H25N7.2C2H6/c1-6-8-9-14(12(3)4)25-16(19-5)13(7-2)24-18-15-17(21-10-20-15)22-11-23-18;2*1-2/h6,8-11,13H,3,7H2,1-2,4-5H3,(H,19,25)(H2,20,21,22,23,24);2*1-2H3/b8-6-,14-9+;;. The summed E-state index contributed by atoms with van der Waals surface area (Å²) in [5.41, 5.74) is 3.27. The number of allylic oxidation sites excluding steroid dienone is 4. The largest absolute Gasteiger partial charge is 0.358 e. The number of H-pyrrole nitrogens is 1. The lowest BCUT2D eigenvalue weighted by Gasteiger charge is -2.22. The van der Waals surface area contributed by atoms with E-state index in [0.717, 1.165) is 29.0 Å². The highest BCUT2D eigenvalue weighted by Gasteiger charge is 2.17. The zero-order chi connectivity index (χ0) is 22.2. The fraction of sp³-hybridized carbons (Fsp3) is 0.455. The summed E-state index contributed by atoms with van der Waals surface area (Å²) in [5.74, 6) is 1.51. The number of hydrogen-bond acceptors (Lipinski definition) is 5. The second kappa shape index (κ2) is 15.0. The van der Waals surface area contributed by atoms with E-state index in [0.29, 0.717) is 11.5 Å². The van der Waals surface area contributed by atoms with Gasteiger partial charge < -0.3 is 15.6 Å². The van der Waals surface area contributed by atoms with Crippen LogP contribution in [0.1, 0.15) is 54.9 Å². The Kier molecular flexibility index (Phi) is 13.5. The molecular formula is C22H37N7. The van der Waals surface area contributed by atoms with E-state index in [1.54, 1.807) is 13.4 Å². The van der Waals surface area contributed by atoms with Gasteiger partial charge in [0.05, 0.1) is 12.4 Å². The van der Waals surface area contributed by atoms with Crippen molar-refractivity contribution < 1.29 is 0 Å². The Balaban J connectivity index is 0.00000184. The zero-order valence-electron chi connectivity index (χ0n) is 19.2. The summed E-state index contributed by atoms with van der Waals surface area (Å²) in [6, 6.07) is -0.0419. The highest BCUT2D eigenvalue weighted by Crippen LogP contribution is 2.17. The molecule has 2 heterocycles. The summed E-state index contributed by atoms with van der Waals surface area (Å²) in [6.07, 6.45) is 9.86. The zero-order valence-corrected chi connectivity index (χ0v) is 19.2. The minimum absolute atomic E-state index is 0.0419. The maximum Gasteiger partial charge on any atom is 0.182 e. The van der Waals surface area contributed by atoms with Gasteiger partial charge in [0.25, 0.3) is 0 Å². The van der Waals surface area contributed by atoms with Crippen molar-refractivity contribution in [3.63, 3.8) is 0 Å². The van der Waals surface area contributed by atoms with Crippen molar-refractivity contribution in [2.45, 2.75) is 60.9 Å². The van der Waals surface area contributed by atoms with Crippen LogP contribution in [-0.4, -0.2) is 38.9 Å². The third-order valence-corrected chi connectivity index (χ3v) is 3.69. The van der Waals surface area contributed by atoms with Crippen LogP contribution >= 0.6 is 0 Å². The van der Waals surface area contributed by atoms with Gasteiger partial charge in [-0.3, -0.25) is 4.99 Å². The van der Waals surface area contributed by atoms with Crippen LogP contribution in [-0.2, 0) is 0 Å². The van der Waals surface area contributed by atoms with E-state index >= 15 is 0 Å². The molecule has 0 saturated heterocycles. The monoisotopic (exact) mass is 399 g/mol. The molecule has 0 aliphatic carbocycles. The highest BCUT2D eigenvalue weighted by atomic mass is 15.1. The molecule has 29 heavy (non-hydrogen) atoms. The molecule has 160 valence electrons. The molecule has 0 spiro atoms. The van der Waals surface area contributed by atoms with Gasteiger partial charge in [-0.05, 0) is 31.9 Å². The fourth-order valence-corrected chi connectivity index (χ4v) is 2.32. The van der Waals surface area contributed by atoms with Crippen LogP contribution in [0, 0.1) is 0 Å². The predicted molar refractivity (Wildman–Crippen MR) is 126 cm³/mol. The van der Waals surface area contributed by atoms with E-state index in [9.17, 15) is 0 Å². The number of nitrogens with one attached hydrogen (secondary N) is 3. The van der Waals surface area contributed by atoms with E-state index in [4.69, 9.17) is 0 Å². The molecule has 3 N–H and O–H groups in total. The number of aromatic nitrogens is 4. The quantitative estimate of drug-likeness (QED) is 0.336. The van der Waals surface area contributed by atoms with Crippen LogP contribution < -0.4 is 10.6 Å². The molecule has 0 aromatic carbocycles. The van der Waals surface area contributed by atoms with Gasteiger partial charge >= 0.3 is 0 Å². The molecule has 0 radical (unpaired) electrons. The first-order valence-corrected chi connectivity index (χ1v) is 10.2. The lowest BCUT2D eigenvalue weighted by Crippen LogP contribution is -2.39. The van der Waals surface area contributed by atoms with Crippen molar-refractivity contribution in [2.24, 2.45) is 4.99 Å². The Morgan fingerprint density at radius 1 is 1.24 bits per heavy atom. The minimum atomic E-state index is -0.0419. The highest BCUT2D eigenvalue weighted by molar-refractivity contribution is 5.93. The number of fused-ring (bicyclic) bond motifs is 1. The Morgan fingerprint density at radius 3 is 2.48 bits per heavy atom. The molecule has 0 amide bonds. The number of rotatable bonds is 7. The third kappa shape index (κ3) is 7.89. The number of anilines is 1. The third-order valence-electron chi connectivity index (χ3n) is 3.69. The van der Waals surface area contributed by atoms with Crippen LogP contribution in [0.25, 0.3) is 11.2 Å². The fourth-order valence-electron chi connectivity index (χ4n) is 2.32. The summed E-state index contributed by atoms with van der Waals surface area (Å²) >= 11 is 0. The molecule has 7 heteroatoms. The van der Waals surface area contributed by atoms with Crippen molar-refractivity contribution in [3.05, 3.63) is 48.7 Å². The van der Waals surface area contributed by atoms with Crippen LogP contribution in [0.3, 0.4) is 0 Å². The summed E-state index contributed by atoms with van der Waals surface area (Å²) in [4.78, 5) is 20.1. The van der Waals surface area contributed by atoms with E-state index in [-0.39, 0.29) is 6.04 Å². The molecule has 2 aromatic heterocycles. The first-order chi connectivity index (χ1) is 14.1. The molecule has 1 atom stereocenters. The number of nitrogens with zero attached hydrogens (tertiary/aromatic N) is 4. The Morgan fingerprint density at radius 2 is 1.93 bits per heavy atom. The SMILES string of the molecule is C=C(C)/C(=C\C=C/C)NC(=NC)C(CC)Nc1ncnc2nc[nH]c12.CC.CC. The molecule has 0 fully saturated rings. The lowest BCUT2D eigenvalue weighted by atomic mass is 10.1. The summed E-state index contributed by atoms with van der Waals surface area (Å²) in [5, 5.41) is 6.80. The van der Waals surface area contributed by atoms with Gasteiger partial charge in [0.1, 0.15) is 17.7 Å². The number of aliphatic imine (C=N–C) groups is 1. The molecule has 2 aromatic rings. The maximum absolute atomic E-state index is 4.42. The summed E-state index contributed by atoms with van der Waals surface area (Å²) < 4.78 is 0. The molecule has 1 unspecified atom stereocenters. The second-order valence-electron chi connectivity index (χ2n) is 5.55. The van der Waals surface area contributed by atoms with Crippen LogP contribution in [0.15, 0.2) is 53.7 Å². The van der Waals surface area contributed by atoms with E-state index in [2.05, 4.69) is 49.1 Å². The molecule has 0 aliphatic rings. The van der Waals surface area contributed by atoms with Gasteiger partial charge in [0, 0.05) is 12.7 Å². The van der Waals surface area contributed by atoms with Crippen molar-refractivity contribution >= 4 is 22.8 Å². The van der Waals surface area contributed by atoms with Crippen LogP contribution in [0.4, 0.5) is 5.82 Å². The summed E-state index contributed by atoms with van der Waals surface area (Å²) in [7, 11) is 1.77. The van der Waals surface area contributed by atoms with Gasteiger partial charge in [-0.2, -0.15) is 0 Å². The lowest BCUT2D eigenvalue weighted by molar-refractivity contribution is 0.830. The molecular weight excluding hydrogens is 362 g/mol. The van der Waals surface area contributed by atoms with E-state index in [1.807, 2.05) is 59.8 Å². The molecule has 2 rings (SSSR count). The van der Waals surface area contributed by atoms with E-state index < -0.39 is 0 Å². The van der Waals surface area contributed by atoms with E-state index in [1.165, 1.54) is 6.33 Å². The van der Waals surface area contributed by atoms with Crippen molar-refractivity contribution in [1.29, 1.82) is 0 Å². The molecule has 7 nitrogen and oxygen atoms in total. The first-order valence-electron chi connectivity index (χ1n) is 10.2. The smallest absolute Gasteiger partial charge is 0.182 e. The number of aromatic amines is 1. The number of imidazole rings is 1. The van der Waals surface area contributed by atoms with Crippen LogP contribution in [0.5, 0.6) is 0 Å². The Labute approximate surface area is 175 Å². The Bertz CT molecular complexity index is 815. The number of amidine groups is 1. The van der Waals surface area contributed by atoms with Crippen molar-refractivity contribution in [1.82, 2.24) is 25.3 Å². The molecule has 0 bridgehead atoms. The predicted octanol–water partition coefficient (Wildman–Crippen LogP) is 5.25. The molecule has 0 saturated carbocycles. The van der Waals surface area contributed by atoms with Gasteiger partial charge in [-0.25, -0.2) is 15.0 Å². The van der Waals surface area contributed by atoms with Crippen LogP contribution in [0.2, 0.25) is 0 Å². The van der Waals surface area contributed by atoms with Gasteiger partial charge in [0.15, 0.2) is 11.5 Å². The topological polar surface area (TPSA) is 90.9 Å².